The molecule has 19 heavy (non-hydrogen) atoms. The summed E-state index contributed by atoms with van der Waals surface area (Å²) in [5.41, 5.74) is 0. The van der Waals surface area contributed by atoms with Gasteiger partial charge in [0.2, 0.25) is 0 Å². The summed E-state index contributed by atoms with van der Waals surface area (Å²) in [6.45, 7) is 4.25. The Balaban J connectivity index is 2.18. The van der Waals surface area contributed by atoms with E-state index < -0.39 is 48.2 Å². The first-order chi connectivity index (χ1) is 8.90. The molecule has 2 heterocycles. The first-order valence-corrected chi connectivity index (χ1v) is 6.06. The third-order valence-electron chi connectivity index (χ3n) is 3.20. The number of esters is 3. The molecule has 2 aliphatic heterocycles. The molecule has 0 amide bonds. The highest BCUT2D eigenvalue weighted by atomic mass is 16.7. The van der Waals surface area contributed by atoms with E-state index in [-0.39, 0.29) is 6.61 Å². The van der Waals surface area contributed by atoms with Crippen LogP contribution in [0.1, 0.15) is 20.8 Å². The zero-order valence-corrected chi connectivity index (χ0v) is 11.0. The molecule has 0 aliphatic carbocycles. The van der Waals surface area contributed by atoms with Gasteiger partial charge in [0, 0.05) is 13.8 Å². The Morgan fingerprint density at radius 3 is 2.37 bits per heavy atom. The van der Waals surface area contributed by atoms with Gasteiger partial charge in [-0.25, -0.2) is 0 Å². The zero-order valence-electron chi connectivity index (χ0n) is 11.0. The summed E-state index contributed by atoms with van der Waals surface area (Å²) in [7, 11) is 0. The fraction of sp³-hybridized carbons (Fsp3) is 0.750. The molecule has 0 spiro atoms. The van der Waals surface area contributed by atoms with Crippen LogP contribution in [-0.2, 0) is 33.3 Å². The van der Waals surface area contributed by atoms with Gasteiger partial charge in [0.1, 0.15) is 6.10 Å². The number of hydrogen-bond donors (Lipinski definition) is 0. The summed E-state index contributed by atoms with van der Waals surface area (Å²) in [5.74, 6) is -1.88. The Labute approximate surface area is 110 Å². The Morgan fingerprint density at radius 1 is 1.16 bits per heavy atom. The van der Waals surface area contributed by atoms with Crippen molar-refractivity contribution in [3.05, 3.63) is 0 Å². The lowest BCUT2D eigenvalue weighted by Gasteiger charge is -2.37. The Bertz CT molecular complexity index is 405. The quantitative estimate of drug-likeness (QED) is 0.508. The molecule has 2 aliphatic rings. The maximum atomic E-state index is 11.6. The molecule has 7 nitrogen and oxygen atoms in total. The maximum absolute atomic E-state index is 11.6. The summed E-state index contributed by atoms with van der Waals surface area (Å²) in [4.78, 5) is 33.7. The van der Waals surface area contributed by atoms with Crippen molar-refractivity contribution in [3.8, 4) is 0 Å². The van der Waals surface area contributed by atoms with Gasteiger partial charge in [0.25, 0.3) is 0 Å². The third-order valence-corrected chi connectivity index (χ3v) is 3.20. The molecule has 106 valence electrons. The van der Waals surface area contributed by atoms with Crippen LogP contribution < -0.4 is 0 Å². The summed E-state index contributed by atoms with van der Waals surface area (Å²) in [6.07, 6.45) is -2.80. The van der Waals surface area contributed by atoms with Crippen molar-refractivity contribution in [1.29, 1.82) is 0 Å². The molecule has 0 aromatic carbocycles. The third kappa shape index (κ3) is 2.70. The fourth-order valence-corrected chi connectivity index (χ4v) is 2.38. The molecule has 0 aromatic rings. The Morgan fingerprint density at radius 2 is 1.79 bits per heavy atom. The summed E-state index contributed by atoms with van der Waals surface area (Å²) in [5, 5.41) is 0. The summed E-state index contributed by atoms with van der Waals surface area (Å²) >= 11 is 0. The molecule has 0 aromatic heterocycles. The van der Waals surface area contributed by atoms with Crippen LogP contribution in [0.3, 0.4) is 0 Å². The van der Waals surface area contributed by atoms with Gasteiger partial charge in [-0.3, -0.25) is 14.4 Å². The van der Waals surface area contributed by atoms with Crippen molar-refractivity contribution in [3.63, 3.8) is 0 Å². The molecule has 2 rings (SSSR count). The number of fused-ring (bicyclic) bond motifs is 1. The van der Waals surface area contributed by atoms with Crippen LogP contribution in [-0.4, -0.2) is 48.9 Å². The average molecular weight is 272 g/mol. The standard InChI is InChI=1S/C12H16O7/c1-5-9-11(19-12(5)15)10(18-7(3)14)8(4-16-9)17-6(2)13/h5,8-11H,4H2,1-3H3/t5?,8-,9?,10+,11+/m1/s1. The van der Waals surface area contributed by atoms with E-state index in [1.54, 1.807) is 6.92 Å². The van der Waals surface area contributed by atoms with Crippen LogP contribution in [0.2, 0.25) is 0 Å². The minimum atomic E-state index is -0.825. The predicted molar refractivity (Wildman–Crippen MR) is 59.9 cm³/mol. The molecule has 0 bridgehead atoms. The van der Waals surface area contributed by atoms with E-state index in [2.05, 4.69) is 0 Å². The molecule has 2 saturated heterocycles. The molecule has 2 fully saturated rings. The van der Waals surface area contributed by atoms with Gasteiger partial charge in [0.05, 0.1) is 12.5 Å². The topological polar surface area (TPSA) is 88.1 Å². The van der Waals surface area contributed by atoms with Crippen LogP contribution in [0.15, 0.2) is 0 Å². The second kappa shape index (κ2) is 5.16. The molecule has 0 radical (unpaired) electrons. The van der Waals surface area contributed by atoms with Gasteiger partial charge in [0.15, 0.2) is 18.3 Å². The van der Waals surface area contributed by atoms with Crippen molar-refractivity contribution in [2.24, 2.45) is 5.92 Å². The van der Waals surface area contributed by atoms with Crippen molar-refractivity contribution in [2.75, 3.05) is 6.61 Å². The fourth-order valence-electron chi connectivity index (χ4n) is 2.38. The lowest BCUT2D eigenvalue weighted by molar-refractivity contribution is -0.211. The zero-order chi connectivity index (χ0) is 14.2. The first-order valence-electron chi connectivity index (χ1n) is 6.06. The molecule has 0 saturated carbocycles. The highest BCUT2D eigenvalue weighted by molar-refractivity contribution is 5.76. The van der Waals surface area contributed by atoms with Gasteiger partial charge >= 0.3 is 17.9 Å². The van der Waals surface area contributed by atoms with Crippen LogP contribution in [0, 0.1) is 5.92 Å². The summed E-state index contributed by atoms with van der Waals surface area (Å²) < 4.78 is 20.9. The lowest BCUT2D eigenvalue weighted by Crippen LogP contribution is -2.55. The van der Waals surface area contributed by atoms with E-state index in [0.29, 0.717) is 0 Å². The Kier molecular flexibility index (Phi) is 3.75. The minimum absolute atomic E-state index is 0.0691. The van der Waals surface area contributed by atoms with Gasteiger partial charge in [-0.05, 0) is 6.92 Å². The van der Waals surface area contributed by atoms with Crippen molar-refractivity contribution in [2.45, 2.75) is 45.2 Å². The summed E-state index contributed by atoms with van der Waals surface area (Å²) in [6, 6.07) is 0. The molecular weight excluding hydrogens is 256 g/mol. The highest BCUT2D eigenvalue weighted by Crippen LogP contribution is 2.33. The minimum Gasteiger partial charge on any atom is -0.456 e. The van der Waals surface area contributed by atoms with E-state index in [4.69, 9.17) is 18.9 Å². The Hall–Kier alpha value is -1.63. The van der Waals surface area contributed by atoms with E-state index in [9.17, 15) is 14.4 Å². The number of rotatable bonds is 2. The van der Waals surface area contributed by atoms with Crippen molar-refractivity contribution >= 4 is 17.9 Å². The van der Waals surface area contributed by atoms with E-state index in [1.807, 2.05) is 0 Å². The monoisotopic (exact) mass is 272 g/mol. The van der Waals surface area contributed by atoms with Crippen LogP contribution >= 0.6 is 0 Å². The van der Waals surface area contributed by atoms with E-state index in [0.717, 1.165) is 0 Å². The normalized spacial score (nSPS) is 37.2. The van der Waals surface area contributed by atoms with E-state index in [1.165, 1.54) is 13.8 Å². The van der Waals surface area contributed by atoms with E-state index >= 15 is 0 Å². The van der Waals surface area contributed by atoms with Crippen molar-refractivity contribution in [1.82, 2.24) is 0 Å². The number of hydrogen-bond acceptors (Lipinski definition) is 7. The number of carbonyl (C=O) groups is 3. The molecular formula is C12H16O7. The first kappa shape index (κ1) is 13.8. The second-order valence-electron chi connectivity index (χ2n) is 4.71. The number of carbonyl (C=O) groups excluding carboxylic acids is 3. The second-order valence-corrected chi connectivity index (χ2v) is 4.71. The van der Waals surface area contributed by atoms with Gasteiger partial charge in [-0.2, -0.15) is 0 Å². The maximum Gasteiger partial charge on any atom is 0.311 e. The van der Waals surface area contributed by atoms with Crippen LogP contribution in [0.25, 0.3) is 0 Å². The molecule has 5 atom stereocenters. The molecule has 7 heteroatoms. The molecule has 2 unspecified atom stereocenters. The van der Waals surface area contributed by atoms with Crippen LogP contribution in [0.5, 0.6) is 0 Å². The van der Waals surface area contributed by atoms with Gasteiger partial charge in [-0.15, -0.1) is 0 Å². The largest absolute Gasteiger partial charge is 0.456 e. The smallest absolute Gasteiger partial charge is 0.311 e. The SMILES string of the molecule is CC(=O)O[C@H]1[C@H](OC(C)=O)COC2C(C)C(=O)O[C@@H]21. The number of ether oxygens (including phenoxy) is 4. The average Bonchev–Trinajstić information content (AvgIpc) is 2.58. The van der Waals surface area contributed by atoms with Crippen LogP contribution in [0.4, 0.5) is 0 Å². The molecule has 0 N–H and O–H groups in total. The predicted octanol–water partition coefficient (Wildman–Crippen LogP) is -0.190. The highest BCUT2D eigenvalue weighted by Gasteiger charge is 2.54. The van der Waals surface area contributed by atoms with Gasteiger partial charge in [-0.1, -0.05) is 0 Å². The lowest BCUT2D eigenvalue weighted by atomic mass is 9.94. The van der Waals surface area contributed by atoms with Gasteiger partial charge < -0.3 is 18.9 Å². The van der Waals surface area contributed by atoms with Crippen molar-refractivity contribution < 1.29 is 33.3 Å².